The Morgan fingerprint density at radius 3 is 2.90 bits per heavy atom. The number of anilines is 1. The van der Waals surface area contributed by atoms with Crippen molar-refractivity contribution in [1.29, 1.82) is 0 Å². The van der Waals surface area contributed by atoms with Gasteiger partial charge in [0.1, 0.15) is 11.5 Å². The molecule has 6 nitrogen and oxygen atoms in total. The van der Waals surface area contributed by atoms with Gasteiger partial charge in [-0.2, -0.15) is 0 Å². The van der Waals surface area contributed by atoms with Crippen molar-refractivity contribution in [2.24, 2.45) is 0 Å². The van der Waals surface area contributed by atoms with Gasteiger partial charge in [-0.15, -0.1) is 0 Å². The monoisotopic (exact) mass is 399 g/mol. The molecule has 21 heavy (non-hydrogen) atoms. The lowest BCUT2D eigenvalue weighted by Crippen LogP contribution is -2.10. The summed E-state index contributed by atoms with van der Waals surface area (Å²) >= 11 is 2.27. The first-order valence-corrected chi connectivity index (χ1v) is 8.13. The van der Waals surface area contributed by atoms with Crippen molar-refractivity contribution >= 4 is 28.4 Å². The van der Waals surface area contributed by atoms with Crippen molar-refractivity contribution in [2.45, 2.75) is 32.4 Å². The van der Waals surface area contributed by atoms with Crippen molar-refractivity contribution in [3.8, 4) is 11.5 Å². The van der Waals surface area contributed by atoms with Crippen LogP contribution in [0.5, 0.6) is 0 Å². The van der Waals surface area contributed by atoms with E-state index in [4.69, 9.17) is 4.74 Å². The van der Waals surface area contributed by atoms with Crippen LogP contribution in [0.15, 0.2) is 12.5 Å². The van der Waals surface area contributed by atoms with Crippen LogP contribution in [0.25, 0.3) is 11.5 Å². The molecule has 0 aromatic carbocycles. The van der Waals surface area contributed by atoms with E-state index >= 15 is 0 Å². The van der Waals surface area contributed by atoms with Crippen molar-refractivity contribution in [1.82, 2.24) is 19.5 Å². The van der Waals surface area contributed by atoms with Crippen LogP contribution < -0.4 is 5.32 Å². The van der Waals surface area contributed by atoms with Crippen molar-refractivity contribution in [3.05, 3.63) is 21.8 Å². The molecule has 112 valence electrons. The zero-order valence-corrected chi connectivity index (χ0v) is 14.3. The fraction of sp³-hybridized carbons (Fsp3) is 0.500. The largest absolute Gasteiger partial charge is 0.378 e. The molecule has 2 heterocycles. The lowest BCUT2D eigenvalue weighted by molar-refractivity contribution is 0.181. The van der Waals surface area contributed by atoms with Gasteiger partial charge in [-0.25, -0.2) is 15.0 Å². The number of rotatable bonds is 6. The summed E-state index contributed by atoms with van der Waals surface area (Å²) < 4.78 is 8.45. The smallest absolute Gasteiger partial charge is 0.180 e. The van der Waals surface area contributed by atoms with Gasteiger partial charge in [0.25, 0.3) is 0 Å². The lowest BCUT2D eigenvalue weighted by atomic mass is 10.3. The summed E-state index contributed by atoms with van der Waals surface area (Å²) in [4.78, 5) is 13.6. The summed E-state index contributed by atoms with van der Waals surface area (Å²) in [5, 5.41) is 3.30. The second-order valence-electron chi connectivity index (χ2n) is 5.04. The Labute approximate surface area is 137 Å². The van der Waals surface area contributed by atoms with Crippen molar-refractivity contribution in [2.75, 3.05) is 19.0 Å². The highest BCUT2D eigenvalue weighted by Gasteiger charge is 2.27. The molecule has 1 fully saturated rings. The lowest BCUT2D eigenvalue weighted by Gasteiger charge is -2.13. The molecule has 7 heteroatoms. The second-order valence-corrected chi connectivity index (χ2v) is 6.12. The van der Waals surface area contributed by atoms with Crippen LogP contribution in [0.2, 0.25) is 0 Å². The molecule has 0 saturated heterocycles. The first-order valence-electron chi connectivity index (χ1n) is 7.06. The average molecular weight is 399 g/mol. The maximum absolute atomic E-state index is 5.26. The normalized spacial score (nSPS) is 14.4. The van der Waals surface area contributed by atoms with Gasteiger partial charge in [-0.3, -0.25) is 0 Å². The third kappa shape index (κ3) is 3.03. The molecule has 1 saturated carbocycles. The van der Waals surface area contributed by atoms with E-state index in [2.05, 4.69) is 54.4 Å². The SMILES string of the molecule is CCNc1nc(-c2cncn2C2CC2)nc(COC)c1I. The number of halogens is 1. The van der Waals surface area contributed by atoms with E-state index in [0.717, 1.165) is 27.3 Å². The Kier molecular flexibility index (Phi) is 4.39. The maximum atomic E-state index is 5.26. The Morgan fingerprint density at radius 2 is 2.24 bits per heavy atom. The Bertz CT molecular complexity index is 611. The topological polar surface area (TPSA) is 64.9 Å². The highest BCUT2D eigenvalue weighted by Crippen LogP contribution is 2.38. The molecule has 0 atom stereocenters. The Morgan fingerprint density at radius 1 is 1.43 bits per heavy atom. The summed E-state index contributed by atoms with van der Waals surface area (Å²) in [6.07, 6.45) is 6.13. The molecule has 1 aliphatic carbocycles. The minimum atomic E-state index is 0.476. The standard InChI is InChI=1S/C14H18IN5O/c1-3-17-14-12(15)10(7-21-2)18-13(19-14)11-6-16-8-20(11)9-4-5-9/h6,8-9H,3-5,7H2,1-2H3,(H,17,18,19). The van der Waals surface area contributed by atoms with Crippen LogP contribution in [0, 0.1) is 3.57 Å². The van der Waals surface area contributed by atoms with Crippen LogP contribution in [0.4, 0.5) is 5.82 Å². The van der Waals surface area contributed by atoms with E-state index < -0.39 is 0 Å². The van der Waals surface area contributed by atoms with E-state index in [1.165, 1.54) is 12.8 Å². The Balaban J connectivity index is 2.06. The van der Waals surface area contributed by atoms with Gasteiger partial charge in [-0.05, 0) is 42.4 Å². The third-order valence-electron chi connectivity index (χ3n) is 3.38. The first kappa shape index (κ1) is 14.7. The molecular formula is C14H18IN5O. The van der Waals surface area contributed by atoms with E-state index in [0.29, 0.717) is 18.5 Å². The summed E-state index contributed by atoms with van der Waals surface area (Å²) in [6, 6.07) is 0.554. The van der Waals surface area contributed by atoms with Crippen LogP contribution in [0.3, 0.4) is 0 Å². The van der Waals surface area contributed by atoms with E-state index in [1.807, 2.05) is 12.5 Å². The number of hydrogen-bond donors (Lipinski definition) is 1. The maximum Gasteiger partial charge on any atom is 0.180 e. The van der Waals surface area contributed by atoms with E-state index in [9.17, 15) is 0 Å². The van der Waals surface area contributed by atoms with Crippen LogP contribution in [-0.2, 0) is 11.3 Å². The van der Waals surface area contributed by atoms with Gasteiger partial charge >= 0.3 is 0 Å². The fourth-order valence-corrected chi connectivity index (χ4v) is 2.83. The number of nitrogens with zero attached hydrogens (tertiary/aromatic N) is 4. The van der Waals surface area contributed by atoms with Crippen molar-refractivity contribution < 1.29 is 4.74 Å². The van der Waals surface area contributed by atoms with Gasteiger partial charge in [-0.1, -0.05) is 0 Å². The molecule has 0 unspecified atom stereocenters. The number of imidazole rings is 1. The summed E-state index contributed by atoms with van der Waals surface area (Å²) in [5.41, 5.74) is 1.88. The number of ether oxygens (including phenoxy) is 1. The highest BCUT2D eigenvalue weighted by molar-refractivity contribution is 14.1. The average Bonchev–Trinajstić information content (AvgIpc) is 3.21. The van der Waals surface area contributed by atoms with Gasteiger partial charge in [0.05, 0.1) is 28.4 Å². The quantitative estimate of drug-likeness (QED) is 0.757. The molecular weight excluding hydrogens is 381 g/mol. The molecule has 3 rings (SSSR count). The van der Waals surface area contributed by atoms with Gasteiger partial charge < -0.3 is 14.6 Å². The number of methoxy groups -OCH3 is 1. The van der Waals surface area contributed by atoms with Gasteiger partial charge in [0.15, 0.2) is 5.82 Å². The molecule has 0 bridgehead atoms. The predicted octanol–water partition coefficient (Wildman–Crippen LogP) is 2.86. The highest BCUT2D eigenvalue weighted by atomic mass is 127. The van der Waals surface area contributed by atoms with Gasteiger partial charge in [0, 0.05) is 19.7 Å². The molecule has 2 aromatic rings. The van der Waals surface area contributed by atoms with Crippen molar-refractivity contribution in [3.63, 3.8) is 0 Å². The minimum Gasteiger partial charge on any atom is -0.378 e. The molecule has 0 amide bonds. The number of aromatic nitrogens is 4. The molecule has 1 N–H and O–H groups in total. The van der Waals surface area contributed by atoms with Gasteiger partial charge in [0.2, 0.25) is 0 Å². The molecule has 0 aliphatic heterocycles. The van der Waals surface area contributed by atoms with Crippen LogP contribution in [-0.4, -0.2) is 33.2 Å². The van der Waals surface area contributed by atoms with E-state index in [1.54, 1.807) is 7.11 Å². The summed E-state index contributed by atoms with van der Waals surface area (Å²) in [5.74, 6) is 1.57. The fourth-order valence-electron chi connectivity index (χ4n) is 2.25. The molecule has 2 aromatic heterocycles. The summed E-state index contributed by atoms with van der Waals surface area (Å²) in [6.45, 7) is 3.35. The molecule has 0 spiro atoms. The zero-order chi connectivity index (χ0) is 14.8. The minimum absolute atomic E-state index is 0.476. The number of nitrogens with one attached hydrogen (secondary N) is 1. The third-order valence-corrected chi connectivity index (χ3v) is 4.51. The zero-order valence-electron chi connectivity index (χ0n) is 12.1. The van der Waals surface area contributed by atoms with Crippen LogP contribution in [0.1, 0.15) is 31.5 Å². The first-order chi connectivity index (χ1) is 10.2. The number of hydrogen-bond acceptors (Lipinski definition) is 5. The molecule has 1 aliphatic rings. The summed E-state index contributed by atoms with van der Waals surface area (Å²) in [7, 11) is 1.68. The second kappa shape index (κ2) is 6.27. The Hall–Kier alpha value is -1.22. The predicted molar refractivity (Wildman–Crippen MR) is 89.1 cm³/mol. The molecule has 0 radical (unpaired) electrons. The van der Waals surface area contributed by atoms with E-state index in [-0.39, 0.29) is 0 Å². The van der Waals surface area contributed by atoms with Crippen LogP contribution >= 0.6 is 22.6 Å².